The fourth-order valence-corrected chi connectivity index (χ4v) is 3.12. The van der Waals surface area contributed by atoms with E-state index in [9.17, 15) is 14.0 Å². The number of hydrogen-bond donors (Lipinski definition) is 0. The lowest BCUT2D eigenvalue weighted by molar-refractivity contribution is -0.128. The van der Waals surface area contributed by atoms with Gasteiger partial charge in [-0.15, -0.1) is 0 Å². The van der Waals surface area contributed by atoms with E-state index >= 15 is 0 Å². The van der Waals surface area contributed by atoms with E-state index < -0.39 is 5.97 Å². The molecule has 0 aliphatic carbocycles. The highest BCUT2D eigenvalue weighted by molar-refractivity contribution is 9.10. The summed E-state index contributed by atoms with van der Waals surface area (Å²) in [5.41, 5.74) is 0.545. The van der Waals surface area contributed by atoms with Gasteiger partial charge in [-0.2, -0.15) is 0 Å². The maximum atomic E-state index is 12.9. The van der Waals surface area contributed by atoms with Gasteiger partial charge >= 0.3 is 5.97 Å². The van der Waals surface area contributed by atoms with Gasteiger partial charge in [-0.3, -0.25) is 4.79 Å². The smallest absolute Gasteiger partial charge is 0.336 e. The van der Waals surface area contributed by atoms with Crippen molar-refractivity contribution >= 4 is 38.9 Å². The molecule has 1 aromatic heterocycles. The second-order valence-corrected chi connectivity index (χ2v) is 7.28. The van der Waals surface area contributed by atoms with Crippen LogP contribution in [0.15, 0.2) is 92.8 Å². The van der Waals surface area contributed by atoms with Gasteiger partial charge < -0.3 is 13.9 Å². The molecule has 0 aliphatic rings. The van der Waals surface area contributed by atoms with Crippen LogP contribution in [0.25, 0.3) is 17.0 Å². The average Bonchev–Trinajstić information content (AvgIpc) is 2.77. The molecule has 0 spiro atoms. The summed E-state index contributed by atoms with van der Waals surface area (Å²) in [6, 6.07) is 17.2. The lowest BCUT2D eigenvalue weighted by Crippen LogP contribution is -2.06. The minimum atomic E-state index is -0.625. The van der Waals surface area contributed by atoms with Crippen LogP contribution in [-0.4, -0.2) is 5.97 Å². The van der Waals surface area contributed by atoms with Crippen molar-refractivity contribution < 1.29 is 23.1 Å². The molecule has 5 nitrogen and oxygen atoms in total. The third-order valence-electron chi connectivity index (χ3n) is 4.27. The van der Waals surface area contributed by atoms with Crippen molar-refractivity contribution in [1.29, 1.82) is 0 Å². The zero-order valence-electron chi connectivity index (χ0n) is 15.9. The van der Waals surface area contributed by atoms with Crippen LogP contribution in [-0.2, 0) is 4.79 Å². The summed E-state index contributed by atoms with van der Waals surface area (Å²) in [7, 11) is 0. The van der Waals surface area contributed by atoms with Gasteiger partial charge in [0.1, 0.15) is 29.2 Å². The van der Waals surface area contributed by atoms with Crippen molar-refractivity contribution in [3.05, 3.63) is 105 Å². The highest BCUT2D eigenvalue weighted by atomic mass is 79.9. The van der Waals surface area contributed by atoms with E-state index in [0.717, 1.165) is 0 Å². The fraction of sp³-hybridized carbons (Fsp3) is 0. The molecule has 0 bridgehead atoms. The van der Waals surface area contributed by atoms with Gasteiger partial charge in [0, 0.05) is 12.1 Å². The topological polar surface area (TPSA) is 65.7 Å². The van der Waals surface area contributed by atoms with Crippen molar-refractivity contribution in [3.63, 3.8) is 0 Å². The zero-order chi connectivity index (χ0) is 21.8. The Morgan fingerprint density at radius 3 is 2.55 bits per heavy atom. The van der Waals surface area contributed by atoms with E-state index in [2.05, 4.69) is 15.9 Å². The molecule has 0 saturated carbocycles. The Hall–Kier alpha value is -3.71. The second kappa shape index (κ2) is 8.97. The fourth-order valence-electron chi connectivity index (χ4n) is 2.76. The Labute approximate surface area is 184 Å². The zero-order valence-corrected chi connectivity index (χ0v) is 17.5. The number of carbonyl (C=O) groups excluding carboxylic acids is 1. The molecule has 0 atom stereocenters. The standard InChI is InChI=1S/C24H14BrFO5/c25-19-3-1-2-4-20(19)31-22-14-29-21-13-17(10-11-18(21)24(22)28)30-23(27)12-7-15-5-8-16(26)9-6-15/h1-14H/b12-7+. The minimum Gasteiger partial charge on any atom is -0.460 e. The van der Waals surface area contributed by atoms with E-state index in [4.69, 9.17) is 13.9 Å². The van der Waals surface area contributed by atoms with Crippen LogP contribution in [0.3, 0.4) is 0 Å². The van der Waals surface area contributed by atoms with Crippen LogP contribution in [0.2, 0.25) is 0 Å². The van der Waals surface area contributed by atoms with Gasteiger partial charge in [0.2, 0.25) is 11.2 Å². The summed E-state index contributed by atoms with van der Waals surface area (Å²) < 4.78 is 30.0. The number of hydrogen-bond acceptors (Lipinski definition) is 5. The molecule has 4 rings (SSSR count). The van der Waals surface area contributed by atoms with Crippen molar-refractivity contribution in [2.24, 2.45) is 0 Å². The van der Waals surface area contributed by atoms with Gasteiger partial charge in [-0.25, -0.2) is 9.18 Å². The van der Waals surface area contributed by atoms with E-state index in [1.807, 2.05) is 6.07 Å². The van der Waals surface area contributed by atoms with Gasteiger partial charge in [0.25, 0.3) is 0 Å². The molecule has 154 valence electrons. The Kier molecular flexibility index (Phi) is 5.95. The predicted octanol–water partition coefficient (Wildman–Crippen LogP) is 6.11. The van der Waals surface area contributed by atoms with Gasteiger partial charge in [-0.05, 0) is 64.0 Å². The first kappa shape index (κ1) is 20.6. The quantitative estimate of drug-likeness (QED) is 0.196. The van der Waals surface area contributed by atoms with E-state index in [1.54, 1.807) is 18.2 Å². The van der Waals surface area contributed by atoms with Crippen LogP contribution >= 0.6 is 15.9 Å². The number of benzene rings is 3. The number of carbonyl (C=O) groups is 1. The normalized spacial score (nSPS) is 11.0. The molecule has 0 aliphatic heterocycles. The summed E-state index contributed by atoms with van der Waals surface area (Å²) in [6.07, 6.45) is 3.95. The molecule has 0 radical (unpaired) electrons. The number of fused-ring (bicyclic) bond motifs is 1. The Bertz CT molecular complexity index is 1340. The predicted molar refractivity (Wildman–Crippen MR) is 118 cm³/mol. The van der Waals surface area contributed by atoms with Crippen molar-refractivity contribution in [2.75, 3.05) is 0 Å². The number of ether oxygens (including phenoxy) is 2. The molecular formula is C24H14BrFO5. The Balaban J connectivity index is 1.52. The molecular weight excluding hydrogens is 467 g/mol. The van der Waals surface area contributed by atoms with Crippen LogP contribution in [0.5, 0.6) is 17.2 Å². The summed E-state index contributed by atoms with van der Waals surface area (Å²) >= 11 is 3.36. The maximum absolute atomic E-state index is 12.9. The van der Waals surface area contributed by atoms with E-state index in [-0.39, 0.29) is 33.7 Å². The SMILES string of the molecule is O=C(/C=C/c1ccc(F)cc1)Oc1ccc2c(=O)c(Oc3ccccc3Br)coc2c1. The number of para-hydroxylation sites is 1. The van der Waals surface area contributed by atoms with Crippen molar-refractivity contribution in [1.82, 2.24) is 0 Å². The van der Waals surface area contributed by atoms with Crippen LogP contribution in [0.4, 0.5) is 4.39 Å². The monoisotopic (exact) mass is 480 g/mol. The summed E-state index contributed by atoms with van der Waals surface area (Å²) in [4.78, 5) is 24.8. The first-order valence-corrected chi connectivity index (χ1v) is 9.92. The van der Waals surface area contributed by atoms with Gasteiger partial charge in [0.15, 0.2) is 0 Å². The summed E-state index contributed by atoms with van der Waals surface area (Å²) in [6.45, 7) is 0. The first-order chi connectivity index (χ1) is 15.0. The van der Waals surface area contributed by atoms with Crippen molar-refractivity contribution in [2.45, 2.75) is 0 Å². The molecule has 0 saturated heterocycles. The maximum Gasteiger partial charge on any atom is 0.336 e. The first-order valence-electron chi connectivity index (χ1n) is 9.13. The van der Waals surface area contributed by atoms with E-state index in [0.29, 0.717) is 15.8 Å². The molecule has 0 unspecified atom stereocenters. The lowest BCUT2D eigenvalue weighted by Gasteiger charge is -2.08. The van der Waals surface area contributed by atoms with Crippen LogP contribution in [0.1, 0.15) is 5.56 Å². The molecule has 3 aromatic carbocycles. The number of rotatable bonds is 5. The van der Waals surface area contributed by atoms with Gasteiger partial charge in [-0.1, -0.05) is 24.3 Å². The molecule has 7 heteroatoms. The average molecular weight is 481 g/mol. The number of esters is 1. The van der Waals surface area contributed by atoms with Crippen LogP contribution < -0.4 is 14.9 Å². The van der Waals surface area contributed by atoms with Crippen molar-refractivity contribution in [3.8, 4) is 17.2 Å². The third-order valence-corrected chi connectivity index (χ3v) is 4.93. The summed E-state index contributed by atoms with van der Waals surface area (Å²) in [5.74, 6) is -0.259. The molecule has 1 heterocycles. The third kappa shape index (κ3) is 4.90. The lowest BCUT2D eigenvalue weighted by atomic mass is 10.2. The molecule has 0 fully saturated rings. The molecule has 4 aromatic rings. The Morgan fingerprint density at radius 2 is 1.77 bits per heavy atom. The van der Waals surface area contributed by atoms with Crippen LogP contribution in [0, 0.1) is 5.82 Å². The summed E-state index contributed by atoms with van der Waals surface area (Å²) in [5, 5.41) is 0.284. The highest BCUT2D eigenvalue weighted by Gasteiger charge is 2.12. The van der Waals surface area contributed by atoms with Gasteiger partial charge in [0.05, 0.1) is 9.86 Å². The van der Waals surface area contributed by atoms with E-state index in [1.165, 1.54) is 60.9 Å². The highest BCUT2D eigenvalue weighted by Crippen LogP contribution is 2.29. The molecule has 31 heavy (non-hydrogen) atoms. The Morgan fingerprint density at radius 1 is 1.00 bits per heavy atom. The number of halogens is 2. The minimum absolute atomic E-state index is 0.0337. The second-order valence-electron chi connectivity index (χ2n) is 6.43. The largest absolute Gasteiger partial charge is 0.460 e. The molecule has 0 N–H and O–H groups in total. The molecule has 0 amide bonds.